The number of nitrogens with two attached hydrogens (primary N) is 1. The van der Waals surface area contributed by atoms with Gasteiger partial charge >= 0.3 is 6.18 Å². The van der Waals surface area contributed by atoms with Gasteiger partial charge in [0.2, 0.25) is 10.0 Å². The van der Waals surface area contributed by atoms with Crippen molar-refractivity contribution < 1.29 is 36.0 Å². The molecule has 1 aliphatic heterocycles. The van der Waals surface area contributed by atoms with Crippen LogP contribution in [0.3, 0.4) is 0 Å². The van der Waals surface area contributed by atoms with Crippen LogP contribution in [0.15, 0.2) is 59.5 Å². The number of thiocarbonyl (C=S) groups is 1. The molecule has 0 radical (unpaired) electrons. The highest BCUT2D eigenvalue weighted by atomic mass is 32.2. The Morgan fingerprint density at radius 2 is 1.35 bits per heavy atom. The molecule has 0 saturated carbocycles. The first-order chi connectivity index (χ1) is 14.3. The average Bonchev–Trinajstić information content (AvgIpc) is 2.67. The molecule has 1 aliphatic rings. The van der Waals surface area contributed by atoms with E-state index in [4.69, 9.17) is 17.4 Å². The van der Waals surface area contributed by atoms with Crippen molar-refractivity contribution in [2.24, 2.45) is 11.1 Å². The standard InChI is InChI=1S/C18H12F3N3O5S2/c19-18(20,21)14(25)13-15(26)23(10-4-2-1-3-5-10)17(30)24(16(13)27)11-6-8-12(9-7-11)31(22,28)29/h1-9,13H,(H2,22,28,29). The van der Waals surface area contributed by atoms with Crippen LogP contribution < -0.4 is 14.9 Å². The Morgan fingerprint density at radius 3 is 1.77 bits per heavy atom. The minimum absolute atomic E-state index is 0.0381. The molecule has 1 unspecified atom stereocenters. The summed E-state index contributed by atoms with van der Waals surface area (Å²) in [5.41, 5.74) is -0.119. The summed E-state index contributed by atoms with van der Waals surface area (Å²) in [4.78, 5) is 38.4. The molecule has 0 spiro atoms. The molecule has 2 N–H and O–H groups in total. The number of benzene rings is 2. The summed E-state index contributed by atoms with van der Waals surface area (Å²) in [6.45, 7) is 0. The van der Waals surface area contributed by atoms with Crippen LogP contribution in [0.4, 0.5) is 24.5 Å². The number of anilines is 2. The van der Waals surface area contributed by atoms with Gasteiger partial charge in [0.15, 0.2) is 11.0 Å². The molecule has 2 amide bonds. The van der Waals surface area contributed by atoms with Gasteiger partial charge in [-0.15, -0.1) is 0 Å². The van der Waals surface area contributed by atoms with Crippen LogP contribution in [0.2, 0.25) is 0 Å². The molecule has 8 nitrogen and oxygen atoms in total. The molecule has 1 fully saturated rings. The van der Waals surface area contributed by atoms with Crippen molar-refractivity contribution in [3.05, 3.63) is 54.6 Å². The van der Waals surface area contributed by atoms with Gasteiger partial charge < -0.3 is 0 Å². The number of para-hydroxylation sites is 1. The van der Waals surface area contributed by atoms with E-state index in [0.29, 0.717) is 9.80 Å². The van der Waals surface area contributed by atoms with Gasteiger partial charge in [-0.1, -0.05) is 18.2 Å². The summed E-state index contributed by atoms with van der Waals surface area (Å²) < 4.78 is 62.2. The highest BCUT2D eigenvalue weighted by molar-refractivity contribution is 7.89. The predicted molar refractivity (Wildman–Crippen MR) is 106 cm³/mol. The third kappa shape index (κ3) is 4.19. The molecule has 2 aromatic carbocycles. The number of sulfonamides is 1. The number of ketones is 1. The predicted octanol–water partition coefficient (Wildman–Crippen LogP) is 1.75. The van der Waals surface area contributed by atoms with E-state index >= 15 is 0 Å². The first-order valence-electron chi connectivity index (χ1n) is 8.35. The van der Waals surface area contributed by atoms with Crippen molar-refractivity contribution in [2.45, 2.75) is 11.1 Å². The van der Waals surface area contributed by atoms with Crippen molar-refractivity contribution in [1.82, 2.24) is 0 Å². The fourth-order valence-corrected chi connectivity index (χ4v) is 3.78. The van der Waals surface area contributed by atoms with E-state index in [9.17, 15) is 36.0 Å². The lowest BCUT2D eigenvalue weighted by Gasteiger charge is -2.38. The second kappa shape index (κ2) is 7.83. The topological polar surface area (TPSA) is 118 Å². The number of rotatable bonds is 4. The number of primary sulfonamides is 1. The Morgan fingerprint density at radius 1 is 0.903 bits per heavy atom. The SMILES string of the molecule is NS(=O)(=O)c1ccc(N2C(=O)C(C(=O)C(F)(F)F)C(=O)N(c3ccccc3)C2=S)cc1. The van der Waals surface area contributed by atoms with Gasteiger partial charge in [0.1, 0.15) is 0 Å². The fraction of sp³-hybridized carbons (Fsp3) is 0.111. The largest absolute Gasteiger partial charge is 0.451 e. The van der Waals surface area contributed by atoms with Crippen LogP contribution in [0.25, 0.3) is 0 Å². The molecule has 3 rings (SSSR count). The molecule has 162 valence electrons. The zero-order valence-electron chi connectivity index (χ0n) is 15.2. The van der Waals surface area contributed by atoms with Gasteiger partial charge in [-0.25, -0.2) is 13.6 Å². The lowest BCUT2D eigenvalue weighted by Crippen LogP contribution is -2.63. The molecule has 13 heteroatoms. The maximum Gasteiger partial charge on any atom is 0.451 e. The highest BCUT2D eigenvalue weighted by Gasteiger charge is 2.56. The van der Waals surface area contributed by atoms with Crippen molar-refractivity contribution in [1.29, 1.82) is 0 Å². The molecule has 31 heavy (non-hydrogen) atoms. The minimum atomic E-state index is -5.46. The summed E-state index contributed by atoms with van der Waals surface area (Å²) in [5, 5.41) is 4.51. The molecular formula is C18H12F3N3O5S2. The number of nitrogens with zero attached hydrogens (tertiary/aromatic N) is 2. The minimum Gasteiger partial charge on any atom is -0.288 e. The monoisotopic (exact) mass is 471 g/mol. The van der Waals surface area contributed by atoms with Crippen molar-refractivity contribution >= 4 is 56.3 Å². The summed E-state index contributed by atoms with van der Waals surface area (Å²) >= 11 is 5.18. The van der Waals surface area contributed by atoms with E-state index in [1.807, 2.05) is 0 Å². The van der Waals surface area contributed by atoms with Gasteiger partial charge in [-0.2, -0.15) is 13.2 Å². The number of amides is 2. The van der Waals surface area contributed by atoms with Crippen LogP contribution in [0, 0.1) is 5.92 Å². The number of carbonyl (C=O) groups is 3. The number of hydrogen-bond acceptors (Lipinski definition) is 6. The lowest BCUT2D eigenvalue weighted by molar-refractivity contribution is -0.177. The number of carbonyl (C=O) groups excluding carboxylic acids is 3. The van der Waals surface area contributed by atoms with E-state index in [1.165, 1.54) is 24.3 Å². The Labute approximate surface area is 179 Å². The normalized spacial score (nSPS) is 17.8. The van der Waals surface area contributed by atoms with Crippen LogP contribution in [0.5, 0.6) is 0 Å². The second-order valence-corrected chi connectivity index (χ2v) is 8.23. The van der Waals surface area contributed by atoms with E-state index in [0.717, 1.165) is 24.3 Å². The van der Waals surface area contributed by atoms with Crippen molar-refractivity contribution in [3.8, 4) is 0 Å². The number of hydrogen-bond donors (Lipinski definition) is 1. The maximum absolute atomic E-state index is 13.1. The van der Waals surface area contributed by atoms with Gasteiger partial charge in [-0.3, -0.25) is 24.2 Å². The van der Waals surface area contributed by atoms with Crippen LogP contribution in [-0.4, -0.2) is 37.3 Å². The van der Waals surface area contributed by atoms with Gasteiger partial charge in [0.25, 0.3) is 17.6 Å². The Balaban J connectivity index is 2.15. The molecule has 0 bridgehead atoms. The van der Waals surface area contributed by atoms with E-state index < -0.39 is 44.8 Å². The zero-order chi connectivity index (χ0) is 23.1. The molecule has 1 saturated heterocycles. The Kier molecular flexibility index (Phi) is 5.69. The molecule has 0 aromatic heterocycles. The summed E-state index contributed by atoms with van der Waals surface area (Å²) in [6.07, 6.45) is -5.46. The summed E-state index contributed by atoms with van der Waals surface area (Å²) in [6, 6.07) is 11.4. The molecule has 1 heterocycles. The summed E-state index contributed by atoms with van der Waals surface area (Å²) in [7, 11) is -4.09. The first kappa shape index (κ1) is 22.5. The number of alkyl halides is 3. The van der Waals surface area contributed by atoms with Crippen molar-refractivity contribution in [2.75, 3.05) is 9.80 Å². The fourth-order valence-electron chi connectivity index (χ4n) is 2.88. The van der Waals surface area contributed by atoms with Gasteiger partial charge in [-0.05, 0) is 48.6 Å². The highest BCUT2D eigenvalue weighted by Crippen LogP contribution is 2.33. The molecule has 2 aromatic rings. The van der Waals surface area contributed by atoms with Crippen LogP contribution in [-0.2, 0) is 24.4 Å². The average molecular weight is 471 g/mol. The third-order valence-corrected chi connectivity index (χ3v) is 5.59. The second-order valence-electron chi connectivity index (χ2n) is 6.30. The zero-order valence-corrected chi connectivity index (χ0v) is 16.9. The number of Topliss-reactive ketones (excluding diaryl/α,β-unsaturated/α-hetero) is 1. The summed E-state index contributed by atoms with van der Waals surface area (Å²) in [5.74, 6) is -8.21. The van der Waals surface area contributed by atoms with E-state index in [1.54, 1.807) is 6.07 Å². The smallest absolute Gasteiger partial charge is 0.288 e. The number of halogens is 3. The quantitative estimate of drug-likeness (QED) is 0.536. The van der Waals surface area contributed by atoms with Gasteiger partial charge in [0, 0.05) is 0 Å². The molecular weight excluding hydrogens is 459 g/mol. The lowest BCUT2D eigenvalue weighted by atomic mass is 9.97. The van der Waals surface area contributed by atoms with E-state index in [2.05, 4.69) is 0 Å². The maximum atomic E-state index is 13.1. The molecule has 0 aliphatic carbocycles. The molecule has 1 atom stereocenters. The van der Waals surface area contributed by atoms with Crippen molar-refractivity contribution in [3.63, 3.8) is 0 Å². The van der Waals surface area contributed by atoms with Crippen LogP contribution >= 0.6 is 12.2 Å². The Bertz CT molecular complexity index is 1180. The Hall–Kier alpha value is -3.16. The third-order valence-electron chi connectivity index (χ3n) is 4.30. The van der Waals surface area contributed by atoms with E-state index in [-0.39, 0.29) is 16.3 Å². The van der Waals surface area contributed by atoms with Gasteiger partial charge in [0.05, 0.1) is 16.3 Å². The first-order valence-corrected chi connectivity index (χ1v) is 10.3. The van der Waals surface area contributed by atoms with Crippen LogP contribution in [0.1, 0.15) is 0 Å².